The molecule has 24 heavy (non-hydrogen) atoms. The molecule has 1 N–H and O–H groups in total. The topological polar surface area (TPSA) is 66.5 Å². The van der Waals surface area contributed by atoms with Crippen LogP contribution in [-0.2, 0) is 11.3 Å². The van der Waals surface area contributed by atoms with Gasteiger partial charge in [-0.1, -0.05) is 42.5 Å². The smallest absolute Gasteiger partial charge is 0.262 e. The van der Waals surface area contributed by atoms with Gasteiger partial charge in [-0.05, 0) is 31.5 Å². The van der Waals surface area contributed by atoms with Gasteiger partial charge in [0.25, 0.3) is 11.8 Å². The molecule has 1 aliphatic heterocycles. The fraction of sp³-hybridized carbons (Fsp3) is 0.211. The van der Waals surface area contributed by atoms with Crippen LogP contribution in [0.25, 0.3) is 0 Å². The van der Waals surface area contributed by atoms with E-state index in [1.54, 1.807) is 38.1 Å². The van der Waals surface area contributed by atoms with Crippen LogP contribution in [0.1, 0.15) is 40.1 Å². The number of hydrogen-bond acceptors (Lipinski definition) is 3. The Bertz CT molecular complexity index is 777. The lowest BCUT2D eigenvalue weighted by Gasteiger charge is -2.32. The van der Waals surface area contributed by atoms with E-state index in [2.05, 4.69) is 5.32 Å². The summed E-state index contributed by atoms with van der Waals surface area (Å²) in [6.45, 7) is 3.50. The number of nitrogens with one attached hydrogen (secondary N) is 1. The molecule has 0 spiro atoms. The van der Waals surface area contributed by atoms with Gasteiger partial charge >= 0.3 is 0 Å². The number of nitrogens with zero attached hydrogens (tertiary/aromatic N) is 1. The van der Waals surface area contributed by atoms with Crippen LogP contribution < -0.4 is 5.32 Å². The van der Waals surface area contributed by atoms with Gasteiger partial charge in [0.15, 0.2) is 0 Å². The van der Waals surface area contributed by atoms with Crippen LogP contribution in [0, 0.1) is 0 Å². The number of fused-ring (bicyclic) bond motifs is 1. The molecule has 0 bridgehead atoms. The van der Waals surface area contributed by atoms with Crippen LogP contribution in [0.5, 0.6) is 0 Å². The van der Waals surface area contributed by atoms with Crippen molar-refractivity contribution >= 4 is 17.7 Å². The molecule has 122 valence electrons. The molecule has 0 fully saturated rings. The zero-order valence-corrected chi connectivity index (χ0v) is 13.6. The van der Waals surface area contributed by atoms with E-state index in [1.165, 1.54) is 0 Å². The van der Waals surface area contributed by atoms with Crippen molar-refractivity contribution in [3.05, 3.63) is 71.3 Å². The second-order valence-corrected chi connectivity index (χ2v) is 6.22. The number of hydrogen-bond donors (Lipinski definition) is 1. The number of benzene rings is 2. The predicted molar refractivity (Wildman–Crippen MR) is 89.3 cm³/mol. The normalized spacial score (nSPS) is 13.8. The minimum Gasteiger partial charge on any atom is -0.350 e. The Balaban J connectivity index is 1.79. The Morgan fingerprint density at radius 2 is 1.42 bits per heavy atom. The minimum absolute atomic E-state index is 0.339. The number of amides is 3. The van der Waals surface area contributed by atoms with Crippen molar-refractivity contribution in [3.63, 3.8) is 0 Å². The van der Waals surface area contributed by atoms with Crippen molar-refractivity contribution in [3.8, 4) is 0 Å². The summed E-state index contributed by atoms with van der Waals surface area (Å²) in [6.07, 6.45) is 0. The molecule has 0 aromatic heterocycles. The maximum atomic E-state index is 12.6. The highest BCUT2D eigenvalue weighted by atomic mass is 16.2. The molecule has 0 saturated heterocycles. The summed E-state index contributed by atoms with van der Waals surface area (Å²) in [5.41, 5.74) is 0.351. The van der Waals surface area contributed by atoms with Gasteiger partial charge in [-0.2, -0.15) is 0 Å². The van der Waals surface area contributed by atoms with E-state index in [4.69, 9.17) is 0 Å². The van der Waals surface area contributed by atoms with Crippen molar-refractivity contribution < 1.29 is 14.4 Å². The highest BCUT2D eigenvalue weighted by molar-refractivity contribution is 6.23. The molecule has 3 amide bonds. The average Bonchev–Trinajstić information content (AvgIpc) is 2.85. The molecule has 0 atom stereocenters. The molecule has 0 unspecified atom stereocenters. The molecule has 1 heterocycles. The first-order valence-electron chi connectivity index (χ1n) is 7.73. The van der Waals surface area contributed by atoms with E-state index in [0.717, 1.165) is 10.5 Å². The molecule has 2 aromatic rings. The third-order valence-corrected chi connectivity index (χ3v) is 4.20. The van der Waals surface area contributed by atoms with Crippen molar-refractivity contribution in [2.24, 2.45) is 0 Å². The monoisotopic (exact) mass is 322 g/mol. The summed E-state index contributed by atoms with van der Waals surface area (Å²) in [5.74, 6) is -1.24. The van der Waals surface area contributed by atoms with E-state index in [9.17, 15) is 14.4 Å². The molecule has 0 radical (unpaired) electrons. The lowest BCUT2D eigenvalue weighted by atomic mass is 10.0. The SMILES string of the molecule is CC(C)(C(=O)NCc1ccccc1)N1C(=O)c2ccccc2C1=O. The van der Waals surface area contributed by atoms with Crippen molar-refractivity contribution in [1.29, 1.82) is 0 Å². The second-order valence-electron chi connectivity index (χ2n) is 6.22. The molecular weight excluding hydrogens is 304 g/mol. The zero-order valence-electron chi connectivity index (χ0n) is 13.6. The summed E-state index contributed by atoms with van der Waals surface area (Å²) in [6, 6.07) is 16.1. The van der Waals surface area contributed by atoms with E-state index in [0.29, 0.717) is 17.7 Å². The van der Waals surface area contributed by atoms with Gasteiger partial charge in [-0.15, -0.1) is 0 Å². The van der Waals surface area contributed by atoms with Crippen LogP contribution in [0.2, 0.25) is 0 Å². The minimum atomic E-state index is -1.28. The van der Waals surface area contributed by atoms with Crippen LogP contribution in [0.15, 0.2) is 54.6 Å². The van der Waals surface area contributed by atoms with Gasteiger partial charge in [-0.25, -0.2) is 0 Å². The molecule has 0 aliphatic carbocycles. The van der Waals surface area contributed by atoms with Crippen LogP contribution in [0.4, 0.5) is 0 Å². The number of carbonyl (C=O) groups is 3. The third kappa shape index (κ3) is 2.58. The van der Waals surface area contributed by atoms with E-state index in [1.807, 2.05) is 30.3 Å². The molecule has 2 aromatic carbocycles. The Kier molecular flexibility index (Phi) is 3.93. The second kappa shape index (κ2) is 5.92. The predicted octanol–water partition coefficient (Wildman–Crippen LogP) is 2.38. The summed E-state index contributed by atoms with van der Waals surface area (Å²) < 4.78 is 0. The van der Waals surface area contributed by atoms with E-state index >= 15 is 0 Å². The van der Waals surface area contributed by atoms with Crippen LogP contribution in [0.3, 0.4) is 0 Å². The van der Waals surface area contributed by atoms with Crippen molar-refractivity contribution in [2.75, 3.05) is 0 Å². The Hall–Kier alpha value is -2.95. The molecule has 3 rings (SSSR count). The Morgan fingerprint density at radius 1 is 0.917 bits per heavy atom. The standard InChI is InChI=1S/C19H18N2O3/c1-19(2,18(24)20-12-13-8-4-3-5-9-13)21-16(22)14-10-6-7-11-15(14)17(21)23/h3-11H,12H2,1-2H3,(H,20,24). The van der Waals surface area contributed by atoms with Crippen LogP contribution >= 0.6 is 0 Å². The Morgan fingerprint density at radius 3 is 1.96 bits per heavy atom. The maximum Gasteiger partial charge on any atom is 0.262 e. The van der Waals surface area contributed by atoms with Gasteiger partial charge in [-0.3, -0.25) is 19.3 Å². The first kappa shape index (κ1) is 15.9. The average molecular weight is 322 g/mol. The quantitative estimate of drug-likeness (QED) is 0.879. The van der Waals surface area contributed by atoms with Gasteiger partial charge in [0, 0.05) is 6.54 Å². The lowest BCUT2D eigenvalue weighted by Crippen LogP contribution is -2.56. The molecular formula is C19H18N2O3. The number of imide groups is 1. The summed E-state index contributed by atoms with van der Waals surface area (Å²) >= 11 is 0. The molecule has 0 saturated carbocycles. The first-order chi connectivity index (χ1) is 11.4. The third-order valence-electron chi connectivity index (χ3n) is 4.20. The van der Waals surface area contributed by atoms with Crippen LogP contribution in [-0.4, -0.2) is 28.2 Å². The summed E-state index contributed by atoms with van der Waals surface area (Å²) in [4.78, 5) is 38.8. The van der Waals surface area contributed by atoms with E-state index < -0.39 is 17.4 Å². The van der Waals surface area contributed by atoms with Gasteiger partial charge < -0.3 is 5.32 Å². The maximum absolute atomic E-state index is 12.6. The number of carbonyl (C=O) groups excluding carboxylic acids is 3. The van der Waals surface area contributed by atoms with Crippen molar-refractivity contribution in [1.82, 2.24) is 10.2 Å². The molecule has 1 aliphatic rings. The fourth-order valence-corrected chi connectivity index (χ4v) is 2.79. The highest BCUT2D eigenvalue weighted by Crippen LogP contribution is 2.29. The van der Waals surface area contributed by atoms with E-state index in [-0.39, 0.29) is 5.91 Å². The van der Waals surface area contributed by atoms with Gasteiger partial charge in [0.2, 0.25) is 5.91 Å². The molecule has 5 heteroatoms. The largest absolute Gasteiger partial charge is 0.350 e. The first-order valence-corrected chi connectivity index (χ1v) is 7.73. The van der Waals surface area contributed by atoms with Gasteiger partial charge in [0.1, 0.15) is 5.54 Å². The van der Waals surface area contributed by atoms with Gasteiger partial charge in [0.05, 0.1) is 11.1 Å². The van der Waals surface area contributed by atoms with Crippen molar-refractivity contribution in [2.45, 2.75) is 25.9 Å². The fourth-order valence-electron chi connectivity index (χ4n) is 2.79. The lowest BCUT2D eigenvalue weighted by molar-refractivity contribution is -0.129. The summed E-state index contributed by atoms with van der Waals surface area (Å²) in [7, 11) is 0. The number of rotatable bonds is 4. The highest BCUT2D eigenvalue weighted by Gasteiger charge is 2.47. The summed E-state index contributed by atoms with van der Waals surface area (Å²) in [5, 5.41) is 2.80. The Labute approximate surface area is 140 Å². The zero-order chi connectivity index (χ0) is 17.3. The molecule has 5 nitrogen and oxygen atoms in total.